The van der Waals surface area contributed by atoms with Gasteiger partial charge in [0.25, 0.3) is 0 Å². The Morgan fingerprint density at radius 2 is 2.13 bits per heavy atom. The number of carbonyl (C=O) groups excluding carboxylic acids is 1. The number of carbonyl (C=O) groups is 1. The van der Waals surface area contributed by atoms with E-state index in [1.54, 1.807) is 6.07 Å². The summed E-state index contributed by atoms with van der Waals surface area (Å²) < 4.78 is 6.48. The number of alkyl halides is 1. The number of ketones is 1. The average Bonchev–Trinajstić information content (AvgIpc) is 2.60. The number of hydrogen-bond donors (Lipinski definition) is 0. The Balaban J connectivity index is 2.61. The summed E-state index contributed by atoms with van der Waals surface area (Å²) in [4.78, 5) is 11.4. The molecule has 0 aliphatic rings. The number of aryl methyl sites for hydroxylation is 1. The number of halogens is 2. The first-order valence-electron chi connectivity index (χ1n) is 4.40. The van der Waals surface area contributed by atoms with Gasteiger partial charge >= 0.3 is 0 Å². The molecular formula is C11H8Br2O2. The zero-order chi connectivity index (χ0) is 11.0. The number of benzene rings is 1. The molecule has 0 saturated carbocycles. The summed E-state index contributed by atoms with van der Waals surface area (Å²) in [5.74, 6) is 0.361. The van der Waals surface area contributed by atoms with E-state index in [9.17, 15) is 4.79 Å². The first kappa shape index (κ1) is 10.9. The fourth-order valence-electron chi connectivity index (χ4n) is 1.36. The van der Waals surface area contributed by atoms with E-state index in [0.29, 0.717) is 5.76 Å². The van der Waals surface area contributed by atoms with Crippen LogP contribution in [0.3, 0.4) is 0 Å². The summed E-state index contributed by atoms with van der Waals surface area (Å²) in [5, 5.41) is 1.23. The van der Waals surface area contributed by atoms with Crippen molar-refractivity contribution in [2.24, 2.45) is 0 Å². The molecule has 0 amide bonds. The molecule has 0 spiro atoms. The highest BCUT2D eigenvalue weighted by molar-refractivity contribution is 9.10. The van der Waals surface area contributed by atoms with Gasteiger partial charge in [0.1, 0.15) is 5.58 Å². The van der Waals surface area contributed by atoms with Gasteiger partial charge in [-0.15, -0.1) is 0 Å². The van der Waals surface area contributed by atoms with Crippen LogP contribution in [0.1, 0.15) is 16.1 Å². The first-order valence-corrected chi connectivity index (χ1v) is 6.32. The van der Waals surface area contributed by atoms with Crippen LogP contribution in [0, 0.1) is 6.92 Å². The van der Waals surface area contributed by atoms with E-state index in [1.165, 1.54) is 0 Å². The van der Waals surface area contributed by atoms with E-state index < -0.39 is 0 Å². The van der Waals surface area contributed by atoms with E-state index >= 15 is 0 Å². The van der Waals surface area contributed by atoms with Crippen LogP contribution < -0.4 is 0 Å². The standard InChI is InChI=1S/C11H8Br2O2/c1-6-2-10-7(3-8(6)13)4-11(15-10)9(14)5-12/h2-4H,5H2,1H3. The Labute approximate surface area is 104 Å². The van der Waals surface area contributed by atoms with Gasteiger partial charge in [-0.2, -0.15) is 0 Å². The van der Waals surface area contributed by atoms with Crippen LogP contribution in [0.15, 0.2) is 27.1 Å². The summed E-state index contributed by atoms with van der Waals surface area (Å²) in [6, 6.07) is 5.65. The molecule has 0 bridgehead atoms. The zero-order valence-electron chi connectivity index (χ0n) is 8.01. The third-order valence-corrected chi connectivity index (χ3v) is 3.56. The molecule has 15 heavy (non-hydrogen) atoms. The van der Waals surface area contributed by atoms with Gasteiger partial charge in [-0.05, 0) is 30.7 Å². The molecule has 0 unspecified atom stereocenters. The topological polar surface area (TPSA) is 30.2 Å². The summed E-state index contributed by atoms with van der Waals surface area (Å²) in [5.41, 5.74) is 1.84. The Kier molecular flexibility index (Phi) is 2.98. The zero-order valence-corrected chi connectivity index (χ0v) is 11.2. The molecule has 1 aromatic carbocycles. The molecule has 0 fully saturated rings. The van der Waals surface area contributed by atoms with Gasteiger partial charge in [0.15, 0.2) is 5.76 Å². The van der Waals surface area contributed by atoms with Crippen LogP contribution in [-0.2, 0) is 0 Å². The highest BCUT2D eigenvalue weighted by Gasteiger charge is 2.11. The molecule has 0 N–H and O–H groups in total. The maximum atomic E-state index is 11.4. The molecule has 0 aliphatic heterocycles. The van der Waals surface area contributed by atoms with Crippen molar-refractivity contribution >= 4 is 48.6 Å². The smallest absolute Gasteiger partial charge is 0.208 e. The molecule has 4 heteroatoms. The quantitative estimate of drug-likeness (QED) is 0.613. The highest BCUT2D eigenvalue weighted by Crippen LogP contribution is 2.26. The monoisotopic (exact) mass is 330 g/mol. The normalized spacial score (nSPS) is 10.9. The predicted molar refractivity (Wildman–Crippen MR) is 66.8 cm³/mol. The van der Waals surface area contributed by atoms with Gasteiger partial charge in [-0.3, -0.25) is 4.79 Å². The van der Waals surface area contributed by atoms with Crippen molar-refractivity contribution in [3.63, 3.8) is 0 Å². The molecule has 2 rings (SSSR count). The second-order valence-corrected chi connectivity index (χ2v) is 4.72. The number of furan rings is 1. The third-order valence-electron chi connectivity index (χ3n) is 2.19. The molecule has 78 valence electrons. The minimum atomic E-state index is -0.0417. The van der Waals surface area contributed by atoms with E-state index in [-0.39, 0.29) is 11.1 Å². The minimum Gasteiger partial charge on any atom is -0.453 e. The van der Waals surface area contributed by atoms with Crippen LogP contribution in [0.5, 0.6) is 0 Å². The van der Waals surface area contributed by atoms with Gasteiger partial charge in [-0.25, -0.2) is 0 Å². The molecule has 1 heterocycles. The Bertz CT molecular complexity index is 490. The van der Waals surface area contributed by atoms with Crippen LogP contribution in [0.4, 0.5) is 0 Å². The van der Waals surface area contributed by atoms with Crippen molar-refractivity contribution in [1.82, 2.24) is 0 Å². The lowest BCUT2D eigenvalue weighted by Crippen LogP contribution is -1.96. The van der Waals surface area contributed by atoms with Gasteiger partial charge in [-0.1, -0.05) is 31.9 Å². The van der Waals surface area contributed by atoms with Gasteiger partial charge in [0.2, 0.25) is 5.78 Å². The average molecular weight is 332 g/mol. The number of fused-ring (bicyclic) bond motifs is 1. The van der Waals surface area contributed by atoms with Crippen molar-refractivity contribution in [1.29, 1.82) is 0 Å². The van der Waals surface area contributed by atoms with Gasteiger partial charge in [0, 0.05) is 9.86 Å². The Hall–Kier alpha value is -0.610. The largest absolute Gasteiger partial charge is 0.453 e. The summed E-state index contributed by atoms with van der Waals surface area (Å²) in [6.45, 7) is 1.98. The van der Waals surface area contributed by atoms with Crippen molar-refractivity contribution < 1.29 is 9.21 Å². The fourth-order valence-corrected chi connectivity index (χ4v) is 2.00. The Morgan fingerprint density at radius 3 is 2.80 bits per heavy atom. The minimum absolute atomic E-state index is 0.0417. The summed E-state index contributed by atoms with van der Waals surface area (Å²) >= 11 is 6.56. The summed E-state index contributed by atoms with van der Waals surface area (Å²) in [6.07, 6.45) is 0. The van der Waals surface area contributed by atoms with Gasteiger partial charge < -0.3 is 4.42 Å². The molecular weight excluding hydrogens is 324 g/mol. The maximum Gasteiger partial charge on any atom is 0.208 e. The predicted octanol–water partition coefficient (Wildman–Crippen LogP) is 4.08. The molecule has 0 aliphatic carbocycles. The number of hydrogen-bond acceptors (Lipinski definition) is 2. The fraction of sp³-hybridized carbons (Fsp3) is 0.182. The second kappa shape index (κ2) is 4.10. The Morgan fingerprint density at radius 1 is 1.40 bits per heavy atom. The SMILES string of the molecule is Cc1cc2oc(C(=O)CBr)cc2cc1Br. The molecule has 0 atom stereocenters. The van der Waals surface area contributed by atoms with Crippen molar-refractivity contribution in [3.8, 4) is 0 Å². The highest BCUT2D eigenvalue weighted by atomic mass is 79.9. The van der Waals surface area contributed by atoms with Crippen LogP contribution in [-0.4, -0.2) is 11.1 Å². The van der Waals surface area contributed by atoms with Crippen molar-refractivity contribution in [3.05, 3.63) is 34.0 Å². The van der Waals surface area contributed by atoms with Crippen molar-refractivity contribution in [2.75, 3.05) is 5.33 Å². The first-order chi connectivity index (χ1) is 7.11. The van der Waals surface area contributed by atoms with Crippen LogP contribution >= 0.6 is 31.9 Å². The van der Waals surface area contributed by atoms with Crippen LogP contribution in [0.2, 0.25) is 0 Å². The number of Topliss-reactive ketones (excluding diaryl/α,β-unsaturated/α-hetero) is 1. The van der Waals surface area contributed by atoms with Gasteiger partial charge in [0.05, 0.1) is 5.33 Å². The lowest BCUT2D eigenvalue weighted by atomic mass is 10.2. The summed E-state index contributed by atoms with van der Waals surface area (Å²) in [7, 11) is 0. The molecule has 2 nitrogen and oxygen atoms in total. The second-order valence-electron chi connectivity index (χ2n) is 3.31. The van der Waals surface area contributed by atoms with Crippen molar-refractivity contribution in [2.45, 2.75) is 6.92 Å². The third kappa shape index (κ3) is 2.01. The molecule has 0 radical (unpaired) electrons. The lowest BCUT2D eigenvalue weighted by molar-refractivity contribution is 0.0995. The van der Waals surface area contributed by atoms with Crippen LogP contribution in [0.25, 0.3) is 11.0 Å². The van der Waals surface area contributed by atoms with E-state index in [2.05, 4.69) is 31.9 Å². The molecule has 1 aromatic heterocycles. The van der Waals surface area contributed by atoms with E-state index in [1.807, 2.05) is 19.1 Å². The number of rotatable bonds is 2. The maximum absolute atomic E-state index is 11.4. The molecule has 2 aromatic rings. The van der Waals surface area contributed by atoms with E-state index in [4.69, 9.17) is 4.42 Å². The molecule has 0 saturated heterocycles. The lowest BCUT2D eigenvalue weighted by Gasteiger charge is -1.95. The van der Waals surface area contributed by atoms with E-state index in [0.717, 1.165) is 21.0 Å².